The topological polar surface area (TPSA) is 122 Å². The molecule has 0 saturated carbocycles. The summed E-state index contributed by atoms with van der Waals surface area (Å²) < 4.78 is 29.8. The molecule has 1 unspecified atom stereocenters. The average Bonchev–Trinajstić information content (AvgIpc) is 3.56. The highest BCUT2D eigenvalue weighted by Gasteiger charge is 2.11. The van der Waals surface area contributed by atoms with E-state index in [-0.39, 0.29) is 0 Å². The number of rotatable bonds is 50. The molecule has 0 amide bonds. The summed E-state index contributed by atoms with van der Waals surface area (Å²) in [5.41, 5.74) is 23.1. The Labute approximate surface area is 548 Å². The zero-order chi connectivity index (χ0) is 66.9. The molecule has 0 spiro atoms. The Morgan fingerprint density at radius 1 is 0.236 bits per heavy atom. The highest BCUT2D eigenvalue weighted by atomic mass is 31.3. The predicted octanol–water partition coefficient (Wildman–Crippen LogP) is 25.2. The Kier molecular flexibility index (Phi) is 50.3. The molecule has 504 valence electrons. The van der Waals surface area contributed by atoms with Crippen LogP contribution in [0.5, 0.6) is 0 Å². The molecule has 7 nitrogen and oxygen atoms in total. The summed E-state index contributed by atoms with van der Waals surface area (Å²) in [5, 5.41) is 0. The monoisotopic (exact) mass is 1260 g/mol. The predicted molar refractivity (Wildman–Crippen MR) is 387 cm³/mol. The van der Waals surface area contributed by atoms with Gasteiger partial charge in [0.1, 0.15) is 0 Å². The van der Waals surface area contributed by atoms with Gasteiger partial charge >= 0.3 is 0 Å². The van der Waals surface area contributed by atoms with Crippen molar-refractivity contribution in [3.63, 3.8) is 0 Å². The van der Waals surface area contributed by atoms with E-state index in [1.54, 1.807) is 0 Å². The van der Waals surface area contributed by atoms with Crippen LogP contribution in [0.4, 0.5) is 0 Å². The number of hydrogen-bond acceptors (Lipinski definition) is 7. The number of phosphoric ester groups is 1. The maximum atomic E-state index is 11.4. The highest BCUT2D eigenvalue weighted by molar-refractivity contribution is 7.58. The third-order valence-electron chi connectivity index (χ3n) is 16.4. The van der Waals surface area contributed by atoms with Gasteiger partial charge in [-0.3, -0.25) is 8.88 Å². The lowest BCUT2D eigenvalue weighted by molar-refractivity contribution is -0.339. The van der Waals surface area contributed by atoms with E-state index in [1.807, 2.05) is 6.92 Å². The molecule has 0 aliphatic heterocycles. The van der Waals surface area contributed by atoms with Gasteiger partial charge in [-0.2, -0.15) is 0 Å². The van der Waals surface area contributed by atoms with E-state index in [2.05, 4.69) is 211 Å². The van der Waals surface area contributed by atoms with Crippen molar-refractivity contribution in [1.29, 1.82) is 0 Å². The van der Waals surface area contributed by atoms with Crippen molar-refractivity contribution in [2.75, 3.05) is 6.61 Å². The van der Waals surface area contributed by atoms with Gasteiger partial charge in [-0.1, -0.05) is 186 Å². The first-order chi connectivity index (χ1) is 42.0. The minimum absolute atomic E-state index is 0.394. The standard InChI is InChI=1S/C80H132O7P2/c1-65(2)33-18-34-66(3)35-19-36-67(4)37-20-38-68(5)39-21-40-69(6)41-22-42-70(7)43-23-44-71(8)45-24-46-72(9)47-25-48-73(10)49-26-50-74(11)51-27-52-75(12)53-28-54-76(13)55-29-56-77(14)57-30-58-78(15)59-31-60-79(16)61-32-62-80(17)63-64-86-89(84,85)87-88(81,82)83/h33,35,37,39,41,43,45,47,49,51,53,55,57,59,61,63H,18-32,34,36,38,40,42,44,46,48,50,52,54,56,58,60,62,64H2,1-17H3,(H,84,85)(H2,81,82,83)/p-3/b66-35+,67-37+,68-39-,69-41-,70-43-,71-45-,72-47-,73-49-,74-51-,75-53-,76-55-,77-57-,78-59-,79-61-,80-63-. The molecule has 0 aliphatic rings. The summed E-state index contributed by atoms with van der Waals surface area (Å²) in [6.07, 6.45) is 70.8. The molecule has 0 radical (unpaired) electrons. The quantitative estimate of drug-likeness (QED) is 0.0439. The Bertz CT molecular complexity index is 2650. The van der Waals surface area contributed by atoms with Crippen LogP contribution in [0.25, 0.3) is 0 Å². The van der Waals surface area contributed by atoms with Gasteiger partial charge in [-0.15, -0.1) is 0 Å². The molecule has 0 saturated heterocycles. The Hall–Kier alpha value is -3.90. The lowest BCUT2D eigenvalue weighted by Gasteiger charge is -2.34. The summed E-state index contributed by atoms with van der Waals surface area (Å²) >= 11 is 0. The van der Waals surface area contributed by atoms with Crippen molar-refractivity contribution in [3.05, 3.63) is 186 Å². The summed E-state index contributed by atoms with van der Waals surface area (Å²) in [7, 11) is -10.9. The molecule has 0 rings (SSSR count). The molecule has 1 atom stereocenters. The van der Waals surface area contributed by atoms with Crippen LogP contribution in [0.2, 0.25) is 0 Å². The highest BCUT2D eigenvalue weighted by Crippen LogP contribution is 2.50. The SMILES string of the molecule is CC(C)=CCC/C(C)=C/CC/C(C)=C/CC/C(C)=C\CC/C(C)=C\CC/C(C)=C\CC/C(C)=C\CC/C(C)=C\CC/C(C)=C\CC/C(C)=C\CC/C(C)=C\CC/C(C)=C\CC/C(C)=C\CC/C(C)=C\CC/C(C)=C\CC/C(C)=C\COP(=O)([O-])OP(=O)([O-])[O-]. The van der Waals surface area contributed by atoms with Crippen LogP contribution in [0.3, 0.4) is 0 Å². The minimum Gasteiger partial charge on any atom is -0.790 e. The Morgan fingerprint density at radius 2 is 0.371 bits per heavy atom. The van der Waals surface area contributed by atoms with Gasteiger partial charge in [0.15, 0.2) is 0 Å². The van der Waals surface area contributed by atoms with E-state index >= 15 is 0 Å². The number of allylic oxidation sites excluding steroid dienone is 31. The first-order valence-electron chi connectivity index (χ1n) is 34.2. The number of hydrogen-bond donors (Lipinski definition) is 0. The third kappa shape index (κ3) is 57.7. The summed E-state index contributed by atoms with van der Waals surface area (Å²) in [6, 6.07) is 0. The van der Waals surface area contributed by atoms with Crippen molar-refractivity contribution < 1.29 is 32.6 Å². The molecule has 0 aromatic heterocycles. The molecule has 0 heterocycles. The van der Waals surface area contributed by atoms with Crippen molar-refractivity contribution in [2.45, 2.75) is 310 Å². The maximum absolute atomic E-state index is 11.4. The van der Waals surface area contributed by atoms with Gasteiger partial charge in [0.05, 0.1) is 14.4 Å². The van der Waals surface area contributed by atoms with E-state index in [0.717, 1.165) is 173 Å². The zero-order valence-corrected chi connectivity index (χ0v) is 61.7. The molecule has 0 fully saturated rings. The zero-order valence-electron chi connectivity index (χ0n) is 59.9. The van der Waals surface area contributed by atoms with E-state index in [4.69, 9.17) is 0 Å². The van der Waals surface area contributed by atoms with Crippen LogP contribution >= 0.6 is 15.6 Å². The molecule has 0 N–H and O–H groups in total. The first-order valence-corrected chi connectivity index (χ1v) is 37.1. The van der Waals surface area contributed by atoms with Crippen molar-refractivity contribution >= 4 is 15.6 Å². The van der Waals surface area contributed by atoms with Crippen LogP contribution in [0, 0.1) is 0 Å². The van der Waals surface area contributed by atoms with E-state index in [1.165, 1.54) is 109 Å². The fourth-order valence-electron chi connectivity index (χ4n) is 10.2. The summed E-state index contributed by atoms with van der Waals surface area (Å²) in [4.78, 5) is 32.4. The van der Waals surface area contributed by atoms with Crippen molar-refractivity contribution in [1.82, 2.24) is 0 Å². The maximum Gasteiger partial charge on any atom is 0.272 e. The summed E-state index contributed by atoms with van der Waals surface area (Å²) in [6.45, 7) is 37.6. The van der Waals surface area contributed by atoms with Gasteiger partial charge in [0.2, 0.25) is 0 Å². The van der Waals surface area contributed by atoms with Gasteiger partial charge in [-0.25, -0.2) is 0 Å². The van der Waals surface area contributed by atoms with E-state index < -0.39 is 22.3 Å². The van der Waals surface area contributed by atoms with Gasteiger partial charge < -0.3 is 23.8 Å². The van der Waals surface area contributed by atoms with E-state index in [0.29, 0.717) is 6.42 Å². The fraction of sp³-hybridized carbons (Fsp3) is 0.600. The third-order valence-corrected chi connectivity index (χ3v) is 18.5. The van der Waals surface area contributed by atoms with Crippen LogP contribution in [0.1, 0.15) is 310 Å². The van der Waals surface area contributed by atoms with Crippen LogP contribution < -0.4 is 14.7 Å². The van der Waals surface area contributed by atoms with Crippen LogP contribution in [-0.4, -0.2) is 6.61 Å². The molecule has 0 aromatic rings. The lowest BCUT2D eigenvalue weighted by atomic mass is 10.0. The normalized spacial score (nSPS) is 15.8. The Balaban J connectivity index is 4.36. The molecular formula is C80H129O7P2-3. The van der Waals surface area contributed by atoms with E-state index in [9.17, 15) is 23.8 Å². The van der Waals surface area contributed by atoms with Crippen LogP contribution in [-0.2, 0) is 18.0 Å². The summed E-state index contributed by atoms with van der Waals surface area (Å²) in [5.74, 6) is 0. The second-order valence-corrected chi connectivity index (χ2v) is 29.1. The van der Waals surface area contributed by atoms with Crippen molar-refractivity contribution in [2.24, 2.45) is 0 Å². The second kappa shape index (κ2) is 52.6. The Morgan fingerprint density at radius 3 is 0.506 bits per heavy atom. The molecule has 9 heteroatoms. The number of phosphoric acid groups is 2. The molecule has 0 aliphatic carbocycles. The molecular weight excluding hydrogens is 1130 g/mol. The van der Waals surface area contributed by atoms with Crippen LogP contribution in [0.15, 0.2) is 186 Å². The van der Waals surface area contributed by atoms with Gasteiger partial charge in [-0.05, 0) is 310 Å². The van der Waals surface area contributed by atoms with Gasteiger partial charge in [0, 0.05) is 0 Å². The average molecular weight is 1260 g/mol. The molecule has 0 aromatic carbocycles. The second-order valence-electron chi connectivity index (χ2n) is 26.4. The largest absolute Gasteiger partial charge is 0.790 e. The van der Waals surface area contributed by atoms with Gasteiger partial charge in [0.25, 0.3) is 7.82 Å². The van der Waals surface area contributed by atoms with Crippen molar-refractivity contribution in [3.8, 4) is 0 Å². The molecule has 0 bridgehead atoms. The minimum atomic E-state index is -5.68. The molecule has 89 heavy (non-hydrogen) atoms. The smallest absolute Gasteiger partial charge is 0.272 e. The lowest BCUT2D eigenvalue weighted by Crippen LogP contribution is -2.19. The fourth-order valence-corrected chi connectivity index (χ4v) is 11.6. The first kappa shape index (κ1) is 85.1.